The van der Waals surface area contributed by atoms with Gasteiger partial charge in [0.05, 0.1) is 29.0 Å². The van der Waals surface area contributed by atoms with Gasteiger partial charge >= 0.3 is 0 Å². The number of anilines is 1. The Morgan fingerprint density at radius 3 is 2.18 bits per heavy atom. The van der Waals surface area contributed by atoms with Crippen LogP contribution in [0.3, 0.4) is 0 Å². The van der Waals surface area contributed by atoms with Crippen molar-refractivity contribution in [2.75, 3.05) is 4.90 Å². The largest absolute Gasteiger partial charge is 0.352 e. The summed E-state index contributed by atoms with van der Waals surface area (Å²) in [6.45, 7) is 0. The highest BCUT2D eigenvalue weighted by Gasteiger charge is 2.40. The average Bonchev–Trinajstić information content (AvgIpc) is 3.47. The lowest BCUT2D eigenvalue weighted by Gasteiger charge is -2.42. The van der Waals surface area contributed by atoms with Crippen molar-refractivity contribution in [3.8, 4) is 16.9 Å². The highest BCUT2D eigenvalue weighted by atomic mass is 15.3. The van der Waals surface area contributed by atoms with E-state index in [0.29, 0.717) is 0 Å². The Hall–Kier alpha value is -6.10. The summed E-state index contributed by atoms with van der Waals surface area (Å²) in [7, 11) is 0. The number of hydrogen-bond acceptors (Lipinski definition) is 3. The van der Waals surface area contributed by atoms with Crippen molar-refractivity contribution in [2.45, 2.75) is 24.2 Å². The monoisotopic (exact) mass is 644 g/mol. The van der Waals surface area contributed by atoms with Crippen LogP contribution < -0.4 is 15.5 Å². The molecular weight excluding hydrogens is 609 g/mol. The van der Waals surface area contributed by atoms with Crippen molar-refractivity contribution in [1.82, 2.24) is 15.2 Å². The van der Waals surface area contributed by atoms with Gasteiger partial charge in [-0.1, -0.05) is 146 Å². The summed E-state index contributed by atoms with van der Waals surface area (Å²) in [5, 5.41) is 11.7. The van der Waals surface area contributed by atoms with E-state index >= 15 is 0 Å². The predicted molar refractivity (Wildman–Crippen MR) is 206 cm³/mol. The maximum Gasteiger partial charge on any atom is 0.106 e. The van der Waals surface area contributed by atoms with Gasteiger partial charge in [-0.2, -0.15) is 0 Å². The Balaban J connectivity index is 1.20. The number of nitrogens with zero attached hydrogens (tertiary/aromatic N) is 2. The third kappa shape index (κ3) is 4.64. The van der Waals surface area contributed by atoms with Gasteiger partial charge in [-0.05, 0) is 63.9 Å². The van der Waals surface area contributed by atoms with Gasteiger partial charge in [0.2, 0.25) is 0 Å². The first-order valence-electron chi connectivity index (χ1n) is 17.5. The first-order chi connectivity index (χ1) is 24.8. The van der Waals surface area contributed by atoms with Crippen LogP contribution in [0.5, 0.6) is 0 Å². The number of nitrogens with one attached hydrogen (secondary N) is 2. The molecule has 10 rings (SSSR count). The first kappa shape index (κ1) is 28.9. The molecule has 0 fully saturated rings. The minimum Gasteiger partial charge on any atom is -0.352 e. The van der Waals surface area contributed by atoms with E-state index in [9.17, 15) is 0 Å². The zero-order valence-corrected chi connectivity index (χ0v) is 27.5. The van der Waals surface area contributed by atoms with Crippen LogP contribution in [0.4, 0.5) is 5.69 Å². The van der Waals surface area contributed by atoms with E-state index in [2.05, 4.69) is 202 Å². The van der Waals surface area contributed by atoms with Gasteiger partial charge in [0, 0.05) is 22.6 Å². The second-order valence-electron chi connectivity index (χ2n) is 13.4. The highest BCUT2D eigenvalue weighted by Crippen LogP contribution is 2.51. The van der Waals surface area contributed by atoms with Crippen molar-refractivity contribution >= 4 is 27.4 Å². The first-order valence-corrected chi connectivity index (χ1v) is 17.5. The van der Waals surface area contributed by atoms with Crippen molar-refractivity contribution < 1.29 is 0 Å². The van der Waals surface area contributed by atoms with Crippen molar-refractivity contribution in [3.63, 3.8) is 0 Å². The molecule has 4 heteroatoms. The van der Waals surface area contributed by atoms with Crippen LogP contribution >= 0.6 is 0 Å². The molecule has 2 aliphatic heterocycles. The summed E-state index contributed by atoms with van der Waals surface area (Å²) >= 11 is 0. The molecule has 4 nitrogen and oxygen atoms in total. The molecule has 3 heterocycles. The summed E-state index contributed by atoms with van der Waals surface area (Å²) in [4.78, 5) is 2.56. The van der Waals surface area contributed by atoms with Crippen molar-refractivity contribution in [1.29, 1.82) is 0 Å². The second-order valence-corrected chi connectivity index (χ2v) is 13.4. The van der Waals surface area contributed by atoms with Crippen molar-refractivity contribution in [3.05, 3.63) is 205 Å². The second kappa shape index (κ2) is 11.8. The summed E-state index contributed by atoms with van der Waals surface area (Å²) < 4.78 is 2.48. The van der Waals surface area contributed by atoms with E-state index < -0.39 is 0 Å². The Labute approximate surface area is 292 Å². The molecule has 7 aromatic rings. The molecule has 0 spiro atoms. The van der Waals surface area contributed by atoms with Crippen LogP contribution in [0.1, 0.15) is 34.8 Å². The molecule has 0 saturated carbocycles. The molecule has 0 bridgehead atoms. The predicted octanol–water partition coefficient (Wildman–Crippen LogP) is 10.3. The lowest BCUT2D eigenvalue weighted by atomic mass is 9.85. The van der Waals surface area contributed by atoms with E-state index in [1.165, 1.54) is 61.0 Å². The standard InChI is InChI=1S/C46H36N4/c1-3-16-32(17-4-1)39-30-43(48-46(47-39)34-28-27-31-15-7-8-18-33(31)29-34)50-41-25-13-10-22-37(41)44-36-21-9-12-24-40(36)49(35-19-5-2-6-20-35)45(44)38-23-11-14-26-42(38)50/h1-30,37,39,41,46-48H. The van der Waals surface area contributed by atoms with Gasteiger partial charge in [-0.3, -0.25) is 5.32 Å². The fourth-order valence-electron chi connectivity index (χ4n) is 8.35. The minimum atomic E-state index is -0.108. The molecule has 4 atom stereocenters. The molecule has 1 aliphatic carbocycles. The normalized spacial score (nSPS) is 20.8. The molecular formula is C46H36N4. The maximum atomic E-state index is 4.02. The van der Waals surface area contributed by atoms with Crippen LogP contribution in [0.15, 0.2) is 188 Å². The van der Waals surface area contributed by atoms with E-state index in [1.807, 2.05) is 0 Å². The van der Waals surface area contributed by atoms with E-state index in [0.717, 1.165) is 5.82 Å². The zero-order chi connectivity index (χ0) is 33.0. The summed E-state index contributed by atoms with van der Waals surface area (Å²) in [5.74, 6) is 1.21. The van der Waals surface area contributed by atoms with Crippen molar-refractivity contribution in [2.24, 2.45) is 0 Å². The SMILES string of the molecule is C1=CC2c3c(n(-c4ccccc4)c4ccccc34)-c3ccccc3N(C3=CC(c4ccccc4)NC(c4ccc5ccccc5c4)N3)C2C=C1. The molecule has 240 valence electrons. The lowest BCUT2D eigenvalue weighted by molar-refractivity contribution is 0.404. The van der Waals surface area contributed by atoms with Gasteiger partial charge in [-0.15, -0.1) is 0 Å². The fourth-order valence-corrected chi connectivity index (χ4v) is 8.35. The Morgan fingerprint density at radius 2 is 1.30 bits per heavy atom. The number of benzene rings is 6. The molecule has 6 aromatic carbocycles. The number of rotatable bonds is 4. The summed E-state index contributed by atoms with van der Waals surface area (Å²) in [6.07, 6.45) is 11.5. The molecule has 2 N–H and O–H groups in total. The molecule has 0 radical (unpaired) electrons. The third-order valence-corrected chi connectivity index (χ3v) is 10.6. The zero-order valence-electron chi connectivity index (χ0n) is 27.5. The maximum absolute atomic E-state index is 4.02. The average molecular weight is 645 g/mol. The highest BCUT2D eigenvalue weighted by molar-refractivity contribution is 5.98. The minimum absolute atomic E-state index is 0.00208. The molecule has 50 heavy (non-hydrogen) atoms. The molecule has 3 aliphatic rings. The van der Waals surface area contributed by atoms with E-state index in [1.54, 1.807) is 0 Å². The summed E-state index contributed by atoms with van der Waals surface area (Å²) in [6, 6.07) is 55.0. The van der Waals surface area contributed by atoms with Crippen LogP contribution in [0, 0.1) is 0 Å². The number of para-hydroxylation sites is 3. The number of allylic oxidation sites excluding steroid dienone is 2. The Kier molecular flexibility index (Phi) is 6.81. The van der Waals surface area contributed by atoms with Gasteiger partial charge in [0.1, 0.15) is 12.0 Å². The summed E-state index contributed by atoms with van der Waals surface area (Å²) in [5.41, 5.74) is 9.87. The fraction of sp³-hybridized carbons (Fsp3) is 0.0870. The van der Waals surface area contributed by atoms with Crippen LogP contribution in [0.25, 0.3) is 38.6 Å². The molecule has 4 unspecified atom stereocenters. The Morgan fingerprint density at radius 1 is 0.580 bits per heavy atom. The molecule has 0 amide bonds. The number of aromatic nitrogens is 1. The van der Waals surface area contributed by atoms with Crippen LogP contribution in [-0.2, 0) is 0 Å². The topological polar surface area (TPSA) is 32.2 Å². The quantitative estimate of drug-likeness (QED) is 0.200. The van der Waals surface area contributed by atoms with Gasteiger partial charge in [0.25, 0.3) is 0 Å². The molecule has 1 aromatic heterocycles. The lowest BCUT2D eigenvalue weighted by Crippen LogP contribution is -2.49. The van der Waals surface area contributed by atoms with Gasteiger partial charge in [-0.25, -0.2) is 0 Å². The van der Waals surface area contributed by atoms with E-state index in [4.69, 9.17) is 0 Å². The number of hydrogen-bond donors (Lipinski definition) is 2. The Bertz CT molecular complexity index is 2470. The van der Waals surface area contributed by atoms with E-state index in [-0.39, 0.29) is 24.2 Å². The van der Waals surface area contributed by atoms with Gasteiger partial charge < -0.3 is 14.8 Å². The molecule has 0 saturated heterocycles. The van der Waals surface area contributed by atoms with Crippen LogP contribution in [0.2, 0.25) is 0 Å². The van der Waals surface area contributed by atoms with Crippen LogP contribution in [-0.4, -0.2) is 10.6 Å². The smallest absolute Gasteiger partial charge is 0.106 e. The third-order valence-electron chi connectivity index (χ3n) is 10.6. The number of fused-ring (bicyclic) bond motifs is 8. The van der Waals surface area contributed by atoms with Gasteiger partial charge in [0.15, 0.2) is 0 Å².